The van der Waals surface area contributed by atoms with Gasteiger partial charge in [0.2, 0.25) is 11.8 Å². The van der Waals surface area contributed by atoms with Crippen molar-refractivity contribution in [1.29, 1.82) is 0 Å². The third kappa shape index (κ3) is 3.67. The van der Waals surface area contributed by atoms with E-state index in [1.165, 1.54) is 22.2 Å². The maximum Gasteiger partial charge on any atom is 0.262 e. The molecular formula is C24H22N4O3S. The molecule has 0 aliphatic carbocycles. The minimum atomic E-state index is -0.125. The fraction of sp³-hybridized carbons (Fsp3) is 0.250. The van der Waals surface area contributed by atoms with Gasteiger partial charge in [0.15, 0.2) is 0 Å². The first-order valence-corrected chi connectivity index (χ1v) is 11.3. The summed E-state index contributed by atoms with van der Waals surface area (Å²) < 4.78 is 7.10. The lowest BCUT2D eigenvalue weighted by Crippen LogP contribution is -2.39. The molecule has 3 aromatic heterocycles. The zero-order chi connectivity index (χ0) is 22.2. The lowest BCUT2D eigenvalue weighted by molar-refractivity contribution is -0.119. The fourth-order valence-corrected chi connectivity index (χ4v) is 4.79. The normalized spacial score (nSPS) is 13.1. The summed E-state index contributed by atoms with van der Waals surface area (Å²) in [7, 11) is 0. The quantitative estimate of drug-likeness (QED) is 0.474. The number of aromatic nitrogens is 3. The molecule has 0 spiro atoms. The van der Waals surface area contributed by atoms with Crippen LogP contribution >= 0.6 is 11.3 Å². The van der Waals surface area contributed by atoms with E-state index in [-0.39, 0.29) is 24.4 Å². The van der Waals surface area contributed by atoms with E-state index in [9.17, 15) is 9.59 Å². The third-order valence-electron chi connectivity index (χ3n) is 5.60. The molecule has 1 aromatic carbocycles. The van der Waals surface area contributed by atoms with Crippen molar-refractivity contribution in [2.24, 2.45) is 0 Å². The highest BCUT2D eigenvalue weighted by molar-refractivity contribution is 7.17. The van der Waals surface area contributed by atoms with E-state index >= 15 is 0 Å². The molecule has 0 radical (unpaired) electrons. The van der Waals surface area contributed by atoms with Crippen LogP contribution in [0.15, 0.2) is 53.0 Å². The van der Waals surface area contributed by atoms with Gasteiger partial charge < -0.3 is 9.64 Å². The molecule has 1 aliphatic heterocycles. The van der Waals surface area contributed by atoms with Crippen LogP contribution in [-0.4, -0.2) is 33.6 Å². The molecule has 1 amide bonds. The van der Waals surface area contributed by atoms with Crippen molar-refractivity contribution in [3.05, 3.63) is 69.7 Å². The van der Waals surface area contributed by atoms with Crippen molar-refractivity contribution in [2.75, 3.05) is 18.1 Å². The minimum Gasteiger partial charge on any atom is -0.474 e. The van der Waals surface area contributed by atoms with E-state index in [1.54, 1.807) is 11.1 Å². The number of anilines is 1. The van der Waals surface area contributed by atoms with Crippen molar-refractivity contribution in [1.82, 2.24) is 14.5 Å². The van der Waals surface area contributed by atoms with Gasteiger partial charge in [-0.2, -0.15) is 0 Å². The van der Waals surface area contributed by atoms with Gasteiger partial charge in [0.25, 0.3) is 5.56 Å². The van der Waals surface area contributed by atoms with Crippen LogP contribution in [0.1, 0.15) is 17.5 Å². The number of amides is 1. The van der Waals surface area contributed by atoms with Crippen LogP contribution in [0.5, 0.6) is 5.88 Å². The number of nitrogens with zero attached hydrogens (tertiary/aromatic N) is 4. The van der Waals surface area contributed by atoms with Crippen molar-refractivity contribution >= 4 is 33.1 Å². The van der Waals surface area contributed by atoms with E-state index in [2.05, 4.69) is 9.97 Å². The SMILES string of the molecule is Cc1ccc(-c2csc3ncn(CCC(=O)N4CCOc5ncc(C)cc54)c(=O)c23)cc1. The Balaban J connectivity index is 1.41. The number of thiophene rings is 1. The lowest BCUT2D eigenvalue weighted by atomic mass is 10.1. The van der Waals surface area contributed by atoms with E-state index in [0.29, 0.717) is 34.9 Å². The Kier molecular flexibility index (Phi) is 5.22. The van der Waals surface area contributed by atoms with Gasteiger partial charge in [-0.05, 0) is 31.0 Å². The Hall–Kier alpha value is -3.52. The number of hydrogen-bond acceptors (Lipinski definition) is 6. The molecule has 32 heavy (non-hydrogen) atoms. The number of rotatable bonds is 4. The topological polar surface area (TPSA) is 77.3 Å². The lowest BCUT2D eigenvalue weighted by Gasteiger charge is -2.29. The highest BCUT2D eigenvalue weighted by Crippen LogP contribution is 2.32. The molecule has 7 nitrogen and oxygen atoms in total. The van der Waals surface area contributed by atoms with Crippen molar-refractivity contribution < 1.29 is 9.53 Å². The molecule has 0 N–H and O–H groups in total. The monoisotopic (exact) mass is 446 g/mol. The summed E-state index contributed by atoms with van der Waals surface area (Å²) in [5, 5.41) is 2.57. The molecule has 4 heterocycles. The van der Waals surface area contributed by atoms with Crippen LogP contribution in [0.3, 0.4) is 0 Å². The zero-order valence-electron chi connectivity index (χ0n) is 17.9. The molecule has 8 heteroatoms. The second-order valence-electron chi connectivity index (χ2n) is 7.92. The molecule has 0 saturated heterocycles. The van der Waals surface area contributed by atoms with Gasteiger partial charge >= 0.3 is 0 Å². The van der Waals surface area contributed by atoms with Gasteiger partial charge in [-0.25, -0.2) is 9.97 Å². The molecule has 0 unspecified atom stereocenters. The maximum atomic E-state index is 13.3. The van der Waals surface area contributed by atoms with Crippen molar-refractivity contribution in [3.63, 3.8) is 0 Å². The fourth-order valence-electron chi connectivity index (χ4n) is 3.88. The van der Waals surface area contributed by atoms with Gasteiger partial charge in [0.05, 0.1) is 18.3 Å². The van der Waals surface area contributed by atoms with Gasteiger partial charge in [-0.1, -0.05) is 29.8 Å². The van der Waals surface area contributed by atoms with Gasteiger partial charge in [0, 0.05) is 30.1 Å². The first-order chi connectivity index (χ1) is 15.5. The molecule has 0 bridgehead atoms. The first kappa shape index (κ1) is 20.4. The van der Waals surface area contributed by atoms with Crippen LogP contribution in [0.2, 0.25) is 0 Å². The smallest absolute Gasteiger partial charge is 0.262 e. The number of carbonyl (C=O) groups excluding carboxylic acids is 1. The Morgan fingerprint density at radius 2 is 1.97 bits per heavy atom. The third-order valence-corrected chi connectivity index (χ3v) is 6.49. The summed E-state index contributed by atoms with van der Waals surface area (Å²) in [6.07, 6.45) is 3.44. The summed E-state index contributed by atoms with van der Waals surface area (Å²) >= 11 is 1.46. The highest BCUT2D eigenvalue weighted by Gasteiger charge is 2.25. The zero-order valence-corrected chi connectivity index (χ0v) is 18.7. The van der Waals surface area contributed by atoms with Crippen molar-refractivity contribution in [3.8, 4) is 17.0 Å². The van der Waals surface area contributed by atoms with Crippen LogP contribution in [0, 0.1) is 13.8 Å². The number of ether oxygens (including phenoxy) is 1. The number of fused-ring (bicyclic) bond motifs is 2. The van der Waals surface area contributed by atoms with Gasteiger partial charge in [-0.15, -0.1) is 11.3 Å². The largest absolute Gasteiger partial charge is 0.474 e. The Labute approximate surface area is 188 Å². The van der Waals surface area contributed by atoms with Gasteiger partial charge in [-0.3, -0.25) is 14.2 Å². The number of benzene rings is 1. The summed E-state index contributed by atoms with van der Waals surface area (Å²) in [6, 6.07) is 10.00. The first-order valence-electron chi connectivity index (χ1n) is 10.4. The van der Waals surface area contributed by atoms with Crippen LogP contribution in [0.25, 0.3) is 21.3 Å². The number of hydrogen-bond donors (Lipinski definition) is 0. The average Bonchev–Trinajstić information content (AvgIpc) is 3.23. The standard InChI is InChI=1S/C24H22N4O3S/c1-15-3-5-17(6-4-15)18-13-32-23-21(18)24(30)27(14-26-23)8-7-20(29)28-9-10-31-22-19(28)11-16(2)12-25-22/h3-6,11-14H,7-10H2,1-2H3. The molecule has 162 valence electrons. The van der Waals surface area contributed by atoms with Gasteiger partial charge in [0.1, 0.15) is 17.1 Å². The summed E-state index contributed by atoms with van der Waals surface area (Å²) in [5.74, 6) is 0.398. The molecule has 4 aromatic rings. The van der Waals surface area contributed by atoms with Crippen LogP contribution in [-0.2, 0) is 11.3 Å². The Bertz CT molecular complexity index is 1370. The maximum absolute atomic E-state index is 13.3. The number of aryl methyl sites for hydroxylation is 3. The second-order valence-corrected chi connectivity index (χ2v) is 8.78. The molecule has 0 fully saturated rings. The Morgan fingerprint density at radius 1 is 1.16 bits per heavy atom. The highest BCUT2D eigenvalue weighted by atomic mass is 32.1. The second kappa shape index (κ2) is 8.20. The molecular weight excluding hydrogens is 424 g/mol. The van der Waals surface area contributed by atoms with E-state index in [0.717, 1.165) is 22.3 Å². The van der Waals surface area contributed by atoms with Crippen molar-refractivity contribution in [2.45, 2.75) is 26.8 Å². The molecule has 0 saturated carbocycles. The summed E-state index contributed by atoms with van der Waals surface area (Å²) in [6.45, 7) is 5.08. The summed E-state index contributed by atoms with van der Waals surface area (Å²) in [5.41, 5.74) is 4.55. The van der Waals surface area contributed by atoms with E-state index in [1.807, 2.05) is 49.6 Å². The molecule has 5 rings (SSSR count). The minimum absolute atomic E-state index is 0.0713. The Morgan fingerprint density at radius 3 is 2.78 bits per heavy atom. The molecule has 1 aliphatic rings. The van der Waals surface area contributed by atoms with E-state index in [4.69, 9.17) is 4.74 Å². The van der Waals surface area contributed by atoms with Crippen LogP contribution in [0.4, 0.5) is 5.69 Å². The molecule has 0 atom stereocenters. The van der Waals surface area contributed by atoms with E-state index < -0.39 is 0 Å². The predicted octanol–water partition coefficient (Wildman–Crippen LogP) is 3.95. The number of pyridine rings is 1. The summed E-state index contributed by atoms with van der Waals surface area (Å²) in [4.78, 5) is 37.4. The van der Waals surface area contributed by atoms with Crippen LogP contribution < -0.4 is 15.2 Å². The average molecular weight is 447 g/mol. The number of carbonyl (C=O) groups is 1. The predicted molar refractivity (Wildman–Crippen MR) is 125 cm³/mol.